The molecule has 1 aliphatic heterocycles. The minimum atomic E-state index is -0.400. The lowest BCUT2D eigenvalue weighted by molar-refractivity contribution is -0.144. The molecule has 1 N–H and O–H groups in total. The summed E-state index contributed by atoms with van der Waals surface area (Å²) >= 11 is 12.1. The van der Waals surface area contributed by atoms with Crippen molar-refractivity contribution in [1.82, 2.24) is 5.43 Å². The molecule has 5 nitrogen and oxygen atoms in total. The van der Waals surface area contributed by atoms with Crippen LogP contribution in [0.5, 0.6) is 0 Å². The molecule has 2 aromatic rings. The second-order valence-electron chi connectivity index (χ2n) is 5.83. The molecule has 0 saturated heterocycles. The van der Waals surface area contributed by atoms with E-state index in [1.165, 1.54) is 0 Å². The highest BCUT2D eigenvalue weighted by Gasteiger charge is 2.14. The lowest BCUT2D eigenvalue weighted by Gasteiger charge is -2.12. The van der Waals surface area contributed by atoms with E-state index >= 15 is 0 Å². The van der Waals surface area contributed by atoms with Crippen LogP contribution in [-0.2, 0) is 27.4 Å². The van der Waals surface area contributed by atoms with Gasteiger partial charge in [-0.3, -0.25) is 9.59 Å². The molecule has 0 unspecified atom stereocenters. The molecular weight excluding hydrogens is 375 g/mol. The molecule has 134 valence electrons. The standard InChI is InChI=1S/C19H16Cl2N2O3/c20-15-2-1-3-16(21)14(15)10-19(25)26-11-12-4-6-13(7-5-12)17-8-9-18(24)23-22-17/h1-7H,8-11H2,(H,23,24). The zero-order chi connectivity index (χ0) is 18.5. The van der Waals surface area contributed by atoms with Crippen molar-refractivity contribution in [3.63, 3.8) is 0 Å². The van der Waals surface area contributed by atoms with Gasteiger partial charge in [0.25, 0.3) is 0 Å². The van der Waals surface area contributed by atoms with Gasteiger partial charge in [0.05, 0.1) is 12.1 Å². The second kappa shape index (κ2) is 8.34. The number of nitrogens with zero attached hydrogens (tertiary/aromatic N) is 1. The van der Waals surface area contributed by atoms with Crippen LogP contribution in [0.3, 0.4) is 0 Å². The number of carbonyl (C=O) groups excluding carboxylic acids is 2. The first-order valence-corrected chi connectivity index (χ1v) is 8.82. The zero-order valence-corrected chi connectivity index (χ0v) is 15.3. The summed E-state index contributed by atoms with van der Waals surface area (Å²) in [7, 11) is 0. The first kappa shape index (κ1) is 18.4. The van der Waals surface area contributed by atoms with Crippen LogP contribution in [0.25, 0.3) is 0 Å². The minimum absolute atomic E-state index is 0.0209. The number of hydrazone groups is 1. The molecule has 3 rings (SSSR count). The number of esters is 1. The first-order valence-electron chi connectivity index (χ1n) is 8.06. The first-order chi connectivity index (χ1) is 12.5. The van der Waals surface area contributed by atoms with Gasteiger partial charge in [-0.05, 0) is 23.3 Å². The van der Waals surface area contributed by atoms with Crippen LogP contribution in [0.2, 0.25) is 10.0 Å². The molecule has 0 atom stereocenters. The van der Waals surface area contributed by atoms with Crippen molar-refractivity contribution < 1.29 is 14.3 Å². The molecule has 1 heterocycles. The summed E-state index contributed by atoms with van der Waals surface area (Å²) < 4.78 is 5.30. The quantitative estimate of drug-likeness (QED) is 0.787. The number of hydrogen-bond donors (Lipinski definition) is 1. The molecule has 0 fully saturated rings. The number of rotatable bonds is 5. The Bertz CT molecular complexity index is 843. The maximum absolute atomic E-state index is 12.0. The Hall–Kier alpha value is -2.37. The molecule has 1 amide bonds. The van der Waals surface area contributed by atoms with Crippen LogP contribution in [-0.4, -0.2) is 17.6 Å². The fourth-order valence-electron chi connectivity index (χ4n) is 2.54. The van der Waals surface area contributed by atoms with Crippen molar-refractivity contribution in [1.29, 1.82) is 0 Å². The summed E-state index contributed by atoms with van der Waals surface area (Å²) in [4.78, 5) is 23.2. The van der Waals surface area contributed by atoms with Gasteiger partial charge in [0.1, 0.15) is 6.61 Å². The van der Waals surface area contributed by atoms with Gasteiger partial charge in [0, 0.05) is 28.5 Å². The van der Waals surface area contributed by atoms with Gasteiger partial charge in [0.15, 0.2) is 0 Å². The Labute approximate surface area is 160 Å². The molecule has 0 radical (unpaired) electrons. The maximum Gasteiger partial charge on any atom is 0.310 e. The van der Waals surface area contributed by atoms with Gasteiger partial charge >= 0.3 is 5.97 Å². The van der Waals surface area contributed by atoms with Crippen LogP contribution in [0.4, 0.5) is 0 Å². The van der Waals surface area contributed by atoms with E-state index in [-0.39, 0.29) is 18.9 Å². The highest BCUT2D eigenvalue weighted by Crippen LogP contribution is 2.25. The van der Waals surface area contributed by atoms with Crippen molar-refractivity contribution in [3.8, 4) is 0 Å². The molecule has 0 spiro atoms. The number of ether oxygens (including phenoxy) is 1. The molecule has 0 aliphatic carbocycles. The van der Waals surface area contributed by atoms with E-state index in [1.54, 1.807) is 18.2 Å². The van der Waals surface area contributed by atoms with E-state index in [2.05, 4.69) is 10.5 Å². The van der Waals surface area contributed by atoms with E-state index in [9.17, 15) is 9.59 Å². The van der Waals surface area contributed by atoms with E-state index in [0.717, 1.165) is 16.8 Å². The normalized spacial score (nSPS) is 13.8. The third-order valence-corrected chi connectivity index (χ3v) is 4.68. The Morgan fingerprint density at radius 3 is 2.38 bits per heavy atom. The number of hydrogen-bond acceptors (Lipinski definition) is 4. The summed E-state index contributed by atoms with van der Waals surface area (Å²) in [5, 5.41) is 4.94. The Morgan fingerprint density at radius 1 is 1.08 bits per heavy atom. The third kappa shape index (κ3) is 4.62. The molecule has 2 aromatic carbocycles. The largest absolute Gasteiger partial charge is 0.461 e. The summed E-state index contributed by atoms with van der Waals surface area (Å²) in [6, 6.07) is 12.6. The lowest BCUT2D eigenvalue weighted by Crippen LogP contribution is -2.25. The Balaban J connectivity index is 1.56. The minimum Gasteiger partial charge on any atom is -0.461 e. The third-order valence-electron chi connectivity index (χ3n) is 3.97. The van der Waals surface area contributed by atoms with Gasteiger partial charge in [-0.15, -0.1) is 0 Å². The maximum atomic E-state index is 12.0. The summed E-state index contributed by atoms with van der Waals surface area (Å²) in [5.41, 5.74) is 5.66. The van der Waals surface area contributed by atoms with Gasteiger partial charge < -0.3 is 4.74 Å². The lowest BCUT2D eigenvalue weighted by atomic mass is 10.0. The smallest absolute Gasteiger partial charge is 0.310 e. The summed E-state index contributed by atoms with van der Waals surface area (Å²) in [6.07, 6.45) is 1.06. The van der Waals surface area contributed by atoms with Crippen molar-refractivity contribution in [2.75, 3.05) is 0 Å². The van der Waals surface area contributed by atoms with Gasteiger partial charge in [-0.2, -0.15) is 5.10 Å². The average molecular weight is 391 g/mol. The van der Waals surface area contributed by atoms with Gasteiger partial charge in [0.2, 0.25) is 5.91 Å². The highest BCUT2D eigenvalue weighted by molar-refractivity contribution is 6.36. The van der Waals surface area contributed by atoms with Crippen molar-refractivity contribution >= 4 is 40.8 Å². The molecular formula is C19H16Cl2N2O3. The van der Waals surface area contributed by atoms with E-state index in [1.807, 2.05) is 24.3 Å². The van der Waals surface area contributed by atoms with Crippen molar-refractivity contribution in [2.45, 2.75) is 25.9 Å². The SMILES string of the molecule is O=C1CCC(c2ccc(COC(=O)Cc3c(Cl)cccc3Cl)cc2)=NN1. The van der Waals surface area contributed by atoms with Crippen LogP contribution in [0.1, 0.15) is 29.5 Å². The van der Waals surface area contributed by atoms with Crippen LogP contribution >= 0.6 is 23.2 Å². The highest BCUT2D eigenvalue weighted by atomic mass is 35.5. The number of nitrogens with one attached hydrogen (secondary N) is 1. The summed E-state index contributed by atoms with van der Waals surface area (Å²) in [5.74, 6) is -0.473. The zero-order valence-electron chi connectivity index (χ0n) is 13.8. The average Bonchev–Trinajstić information content (AvgIpc) is 2.64. The van der Waals surface area contributed by atoms with Crippen molar-refractivity contribution in [2.24, 2.45) is 5.10 Å². The van der Waals surface area contributed by atoms with Crippen molar-refractivity contribution in [3.05, 3.63) is 69.2 Å². The van der Waals surface area contributed by atoms with E-state index < -0.39 is 5.97 Å². The van der Waals surface area contributed by atoms with E-state index in [4.69, 9.17) is 27.9 Å². The topological polar surface area (TPSA) is 67.8 Å². The Kier molecular flexibility index (Phi) is 5.91. The summed E-state index contributed by atoms with van der Waals surface area (Å²) in [6.45, 7) is 0.157. The van der Waals surface area contributed by atoms with Crippen LogP contribution < -0.4 is 5.43 Å². The monoisotopic (exact) mass is 390 g/mol. The molecule has 0 saturated carbocycles. The van der Waals surface area contributed by atoms with Crippen LogP contribution in [0, 0.1) is 0 Å². The fourth-order valence-corrected chi connectivity index (χ4v) is 3.07. The van der Waals surface area contributed by atoms with Gasteiger partial charge in [-0.25, -0.2) is 5.43 Å². The number of benzene rings is 2. The number of halogens is 2. The molecule has 1 aliphatic rings. The molecule has 26 heavy (non-hydrogen) atoms. The fraction of sp³-hybridized carbons (Fsp3) is 0.211. The number of amides is 1. The molecule has 7 heteroatoms. The van der Waals surface area contributed by atoms with Crippen LogP contribution in [0.15, 0.2) is 47.6 Å². The van der Waals surface area contributed by atoms with Gasteiger partial charge in [-0.1, -0.05) is 53.5 Å². The molecule has 0 aromatic heterocycles. The van der Waals surface area contributed by atoms with E-state index in [0.29, 0.717) is 28.5 Å². The predicted molar refractivity (Wildman–Crippen MR) is 100 cm³/mol. The number of carbonyl (C=O) groups is 2. The predicted octanol–water partition coefficient (Wildman–Crippen LogP) is 3.89. The Morgan fingerprint density at radius 2 is 1.77 bits per heavy atom. The second-order valence-corrected chi connectivity index (χ2v) is 6.64. The molecule has 0 bridgehead atoms.